The zero-order chi connectivity index (χ0) is 28.6. The van der Waals surface area contributed by atoms with Gasteiger partial charge in [-0.3, -0.25) is 19.5 Å². The van der Waals surface area contributed by atoms with Gasteiger partial charge in [-0.1, -0.05) is 67.9 Å². The summed E-state index contributed by atoms with van der Waals surface area (Å²) in [5.41, 5.74) is 3.08. The van der Waals surface area contributed by atoms with Gasteiger partial charge in [-0.05, 0) is 35.7 Å². The van der Waals surface area contributed by atoms with Gasteiger partial charge in [0.1, 0.15) is 0 Å². The van der Waals surface area contributed by atoms with Crippen molar-refractivity contribution in [2.24, 2.45) is 5.92 Å². The van der Waals surface area contributed by atoms with Crippen LogP contribution in [0.25, 0.3) is 16.9 Å². The lowest BCUT2D eigenvalue weighted by Crippen LogP contribution is -2.41. The number of hydrogen-bond acceptors (Lipinski definition) is 5. The molecule has 0 saturated heterocycles. The number of hydrogen-bond donors (Lipinski definition) is 1. The number of aromatic nitrogens is 2. The van der Waals surface area contributed by atoms with E-state index in [4.69, 9.17) is 26.1 Å². The van der Waals surface area contributed by atoms with Gasteiger partial charge in [0.25, 0.3) is 0 Å². The molecule has 0 aliphatic heterocycles. The Labute approximate surface area is 239 Å². The normalized spacial score (nSPS) is 10.8. The second-order valence-electron chi connectivity index (χ2n) is 9.74. The Bertz CT molecular complexity index is 1450. The minimum atomic E-state index is -0.350. The van der Waals surface area contributed by atoms with Crippen molar-refractivity contribution in [3.8, 4) is 28.4 Å². The number of amides is 2. The number of nitrogens with one attached hydrogen (secondary N) is 1. The van der Waals surface area contributed by atoms with E-state index in [2.05, 4.69) is 5.32 Å². The van der Waals surface area contributed by atoms with Crippen LogP contribution in [0, 0.1) is 5.92 Å². The molecule has 4 rings (SSSR count). The quantitative estimate of drug-likeness (QED) is 0.248. The van der Waals surface area contributed by atoms with E-state index in [0.29, 0.717) is 40.4 Å². The average molecular weight is 561 g/mol. The standard InChI is InChI=1S/C31H33ClN4O4/c1-21(2)18-35(30(38)16-22-8-6-5-7-9-22)20-29(37)34-31-33-26(23-10-12-24(32)13-11-23)19-36(31)25-14-15-27(39-3)28(17-25)40-4/h5-15,17,19,21H,16,18,20H2,1-4H3,(H,33,34,37). The average Bonchev–Trinajstić information content (AvgIpc) is 3.36. The number of halogens is 1. The first-order chi connectivity index (χ1) is 19.3. The highest BCUT2D eigenvalue weighted by Gasteiger charge is 2.21. The van der Waals surface area contributed by atoms with Gasteiger partial charge >= 0.3 is 0 Å². The van der Waals surface area contributed by atoms with Crippen LogP contribution in [0.1, 0.15) is 19.4 Å². The van der Waals surface area contributed by atoms with Crippen molar-refractivity contribution in [2.75, 3.05) is 32.6 Å². The van der Waals surface area contributed by atoms with Crippen LogP contribution in [0.2, 0.25) is 5.02 Å². The minimum Gasteiger partial charge on any atom is -0.493 e. The molecule has 0 saturated carbocycles. The fraction of sp³-hybridized carbons (Fsp3) is 0.258. The Morgan fingerprint density at radius 3 is 2.33 bits per heavy atom. The van der Waals surface area contributed by atoms with Crippen molar-refractivity contribution in [1.82, 2.24) is 14.5 Å². The van der Waals surface area contributed by atoms with Crippen molar-refractivity contribution in [3.05, 3.63) is 89.6 Å². The van der Waals surface area contributed by atoms with Crippen molar-refractivity contribution in [2.45, 2.75) is 20.3 Å². The molecule has 0 fully saturated rings. The maximum Gasteiger partial charge on any atom is 0.246 e. The van der Waals surface area contributed by atoms with Crippen LogP contribution in [-0.2, 0) is 16.0 Å². The summed E-state index contributed by atoms with van der Waals surface area (Å²) in [6, 6.07) is 22.2. The zero-order valence-electron chi connectivity index (χ0n) is 23.1. The first-order valence-corrected chi connectivity index (χ1v) is 13.3. The van der Waals surface area contributed by atoms with Gasteiger partial charge in [0.2, 0.25) is 17.8 Å². The molecule has 3 aromatic carbocycles. The van der Waals surface area contributed by atoms with Gasteiger partial charge in [0, 0.05) is 29.4 Å². The number of methoxy groups -OCH3 is 2. The molecule has 208 valence electrons. The number of rotatable bonds is 11. The number of benzene rings is 3. The van der Waals surface area contributed by atoms with E-state index in [1.165, 1.54) is 0 Å². The zero-order valence-corrected chi connectivity index (χ0v) is 23.8. The van der Waals surface area contributed by atoms with Gasteiger partial charge in [-0.2, -0.15) is 0 Å². The minimum absolute atomic E-state index is 0.0983. The SMILES string of the molecule is COc1ccc(-n2cc(-c3ccc(Cl)cc3)nc2NC(=O)CN(CC(C)C)C(=O)Cc2ccccc2)cc1OC. The molecule has 1 N–H and O–H groups in total. The van der Waals surface area contributed by atoms with E-state index < -0.39 is 0 Å². The highest BCUT2D eigenvalue weighted by Crippen LogP contribution is 2.32. The molecule has 0 atom stereocenters. The van der Waals surface area contributed by atoms with Crippen molar-refractivity contribution in [3.63, 3.8) is 0 Å². The smallest absolute Gasteiger partial charge is 0.246 e. The highest BCUT2D eigenvalue weighted by molar-refractivity contribution is 6.30. The molecule has 1 aromatic heterocycles. The van der Waals surface area contributed by atoms with Gasteiger partial charge in [-0.15, -0.1) is 0 Å². The van der Waals surface area contributed by atoms with E-state index in [-0.39, 0.29) is 30.7 Å². The third-order valence-corrected chi connectivity index (χ3v) is 6.47. The van der Waals surface area contributed by atoms with E-state index in [1.54, 1.807) is 48.0 Å². The molecule has 0 unspecified atom stereocenters. The third kappa shape index (κ3) is 7.21. The number of carbonyl (C=O) groups excluding carboxylic acids is 2. The van der Waals surface area contributed by atoms with Crippen LogP contribution in [0.4, 0.5) is 5.95 Å². The Morgan fingerprint density at radius 1 is 0.975 bits per heavy atom. The second-order valence-corrected chi connectivity index (χ2v) is 10.2. The summed E-state index contributed by atoms with van der Waals surface area (Å²) in [7, 11) is 3.13. The summed E-state index contributed by atoms with van der Waals surface area (Å²) in [6.07, 6.45) is 2.05. The molecular weight excluding hydrogens is 528 g/mol. The number of carbonyl (C=O) groups is 2. The maximum atomic E-state index is 13.3. The number of anilines is 1. The molecule has 1 heterocycles. The summed E-state index contributed by atoms with van der Waals surface area (Å²) >= 11 is 6.08. The van der Waals surface area contributed by atoms with E-state index in [0.717, 1.165) is 11.1 Å². The fourth-order valence-corrected chi connectivity index (χ4v) is 4.44. The highest BCUT2D eigenvalue weighted by atomic mass is 35.5. The summed E-state index contributed by atoms with van der Waals surface area (Å²) < 4.78 is 12.6. The lowest BCUT2D eigenvalue weighted by atomic mass is 10.1. The van der Waals surface area contributed by atoms with Crippen LogP contribution < -0.4 is 14.8 Å². The topological polar surface area (TPSA) is 85.7 Å². The van der Waals surface area contributed by atoms with Gasteiger partial charge in [0.15, 0.2) is 11.5 Å². The molecule has 8 nitrogen and oxygen atoms in total. The molecular formula is C31H33ClN4O4. The summed E-state index contributed by atoms with van der Waals surface area (Å²) in [5, 5.41) is 3.53. The van der Waals surface area contributed by atoms with Crippen LogP contribution in [0.5, 0.6) is 11.5 Å². The number of nitrogens with zero attached hydrogens (tertiary/aromatic N) is 3. The molecule has 2 amide bonds. The van der Waals surface area contributed by atoms with E-state index >= 15 is 0 Å². The third-order valence-electron chi connectivity index (χ3n) is 6.21. The van der Waals surface area contributed by atoms with Crippen LogP contribution in [-0.4, -0.2) is 53.6 Å². The molecule has 0 aliphatic carbocycles. The lowest BCUT2D eigenvalue weighted by Gasteiger charge is -2.24. The first-order valence-electron chi connectivity index (χ1n) is 13.0. The monoisotopic (exact) mass is 560 g/mol. The Balaban J connectivity index is 1.63. The number of ether oxygens (including phenoxy) is 2. The van der Waals surface area contributed by atoms with Crippen LogP contribution in [0.15, 0.2) is 79.0 Å². The first kappa shape index (κ1) is 28.7. The van der Waals surface area contributed by atoms with Crippen molar-refractivity contribution < 1.29 is 19.1 Å². The molecule has 0 aliphatic rings. The van der Waals surface area contributed by atoms with Gasteiger partial charge in [-0.25, -0.2) is 4.98 Å². The van der Waals surface area contributed by atoms with Gasteiger partial charge < -0.3 is 14.4 Å². The Morgan fingerprint density at radius 2 is 1.68 bits per heavy atom. The second kappa shape index (κ2) is 13.2. The van der Waals surface area contributed by atoms with E-state index in [1.807, 2.05) is 68.6 Å². The fourth-order valence-electron chi connectivity index (χ4n) is 4.31. The molecule has 40 heavy (non-hydrogen) atoms. The van der Waals surface area contributed by atoms with Crippen LogP contribution >= 0.6 is 11.6 Å². The van der Waals surface area contributed by atoms with Gasteiger partial charge in [0.05, 0.1) is 38.6 Å². The number of imidazole rings is 1. The summed E-state index contributed by atoms with van der Waals surface area (Å²) in [6.45, 7) is 4.39. The largest absolute Gasteiger partial charge is 0.493 e. The Hall–Kier alpha value is -4.30. The summed E-state index contributed by atoms with van der Waals surface area (Å²) in [5.74, 6) is 1.15. The molecule has 9 heteroatoms. The van der Waals surface area contributed by atoms with Crippen molar-refractivity contribution >= 4 is 29.4 Å². The predicted octanol–water partition coefficient (Wildman–Crippen LogP) is 5.88. The molecule has 0 bridgehead atoms. The lowest BCUT2D eigenvalue weighted by molar-refractivity contribution is -0.134. The Kier molecular flexibility index (Phi) is 9.45. The van der Waals surface area contributed by atoms with Crippen LogP contribution in [0.3, 0.4) is 0 Å². The maximum absolute atomic E-state index is 13.3. The molecule has 0 radical (unpaired) electrons. The van der Waals surface area contributed by atoms with Crippen molar-refractivity contribution in [1.29, 1.82) is 0 Å². The van der Waals surface area contributed by atoms with E-state index in [9.17, 15) is 9.59 Å². The molecule has 0 spiro atoms. The predicted molar refractivity (Wildman–Crippen MR) is 157 cm³/mol. The molecule has 4 aromatic rings. The summed E-state index contributed by atoms with van der Waals surface area (Å²) in [4.78, 5) is 32.8.